The molecule has 0 unspecified atom stereocenters. The van der Waals surface area contributed by atoms with Crippen LogP contribution in [0.15, 0.2) is 0 Å². The summed E-state index contributed by atoms with van der Waals surface area (Å²) in [7, 11) is 0. The van der Waals surface area contributed by atoms with Crippen molar-refractivity contribution in [1.29, 1.82) is 0 Å². The molecule has 0 saturated heterocycles. The zero-order valence-electron chi connectivity index (χ0n) is 13.7. The quantitative estimate of drug-likeness (QED) is 0.433. The zero-order valence-corrected chi connectivity index (χ0v) is 18.7. The lowest BCUT2D eigenvalue weighted by molar-refractivity contribution is 0.293. The van der Waals surface area contributed by atoms with E-state index in [1.54, 1.807) is 0 Å². The molecule has 0 rings (SSSR count). The van der Waals surface area contributed by atoms with Crippen molar-refractivity contribution >= 4 is 57.1 Å². The number of hydrogen-bond acceptors (Lipinski definition) is 2. The Labute approximate surface area is 145 Å². The van der Waals surface area contributed by atoms with Gasteiger partial charge >= 0.3 is 12.7 Å². The topological polar surface area (TPSA) is 6.48 Å². The third-order valence-corrected chi connectivity index (χ3v) is 26.7. The molecule has 0 aliphatic heterocycles. The second-order valence-electron chi connectivity index (χ2n) is 6.27. The van der Waals surface area contributed by atoms with E-state index in [9.17, 15) is 0 Å². The van der Waals surface area contributed by atoms with E-state index in [-0.39, 0.29) is 24.2 Å². The first-order valence-electron chi connectivity index (χ1n) is 7.10. The van der Waals surface area contributed by atoms with Gasteiger partial charge in [0.15, 0.2) is 0 Å². The number of halogens is 4. The highest BCUT2D eigenvalue weighted by Crippen LogP contribution is 2.42. The van der Waals surface area contributed by atoms with E-state index in [2.05, 4.69) is 64.5 Å². The van der Waals surface area contributed by atoms with E-state index in [4.69, 9.17) is 44.3 Å². The monoisotopic (exact) mass is 396 g/mol. The molecule has 0 heterocycles. The highest BCUT2D eigenvalue weighted by Gasteiger charge is 2.63. The van der Waals surface area contributed by atoms with Gasteiger partial charge in [-0.1, -0.05) is 55.4 Å². The fourth-order valence-corrected chi connectivity index (χ4v) is 19.2. The van der Waals surface area contributed by atoms with Crippen LogP contribution in [0, 0.1) is 0 Å². The molecular weight excluding hydrogens is 370 g/mol. The molecule has 0 aromatic rings. The van der Waals surface area contributed by atoms with Crippen LogP contribution in [0.25, 0.3) is 0 Å². The first kappa shape index (κ1) is 21.5. The van der Waals surface area contributed by atoms with Crippen LogP contribution in [0.3, 0.4) is 0 Å². The molecular formula is C12H28Cl4N2Si2. The summed E-state index contributed by atoms with van der Waals surface area (Å²) in [5, 5.41) is 0. The van der Waals surface area contributed by atoms with Crippen LogP contribution in [-0.4, -0.2) is 46.0 Å². The highest BCUT2D eigenvalue weighted by molar-refractivity contribution is 7.91. The molecule has 0 aromatic heterocycles. The summed E-state index contributed by atoms with van der Waals surface area (Å²) in [6.45, 7) is 16.7. The van der Waals surface area contributed by atoms with Crippen molar-refractivity contribution in [2.75, 3.05) is 0 Å². The maximum atomic E-state index is 6.85. The van der Waals surface area contributed by atoms with Gasteiger partial charge in [0.05, 0.1) is 0 Å². The van der Waals surface area contributed by atoms with Crippen LogP contribution in [0.1, 0.15) is 55.4 Å². The van der Waals surface area contributed by atoms with Gasteiger partial charge in [0.2, 0.25) is 0 Å². The van der Waals surface area contributed by atoms with Gasteiger partial charge in [0.1, 0.15) is 0 Å². The first-order chi connectivity index (χ1) is 8.78. The predicted molar refractivity (Wildman–Crippen MR) is 99.1 cm³/mol. The minimum absolute atomic E-state index is 0.210. The summed E-state index contributed by atoms with van der Waals surface area (Å²) < 4.78 is 4.25. The molecule has 0 spiro atoms. The van der Waals surface area contributed by atoms with Crippen molar-refractivity contribution in [3.8, 4) is 0 Å². The average molecular weight is 398 g/mol. The Morgan fingerprint density at radius 2 is 0.650 bits per heavy atom. The largest absolute Gasteiger partial charge is 0.360 e. The Morgan fingerprint density at radius 1 is 0.500 bits per heavy atom. The summed E-state index contributed by atoms with van der Waals surface area (Å²) in [6, 6.07) is 0.842. The van der Waals surface area contributed by atoms with Crippen LogP contribution in [0.2, 0.25) is 0 Å². The van der Waals surface area contributed by atoms with E-state index in [0.717, 1.165) is 0 Å². The Hall–Kier alpha value is 1.51. The SMILES string of the molecule is CC(C)N(C(C)C)[Si](Cl)(Cl)[Si](Cl)(Cl)N(C(C)C)C(C)C. The Bertz CT molecular complexity index is 264. The van der Waals surface area contributed by atoms with Crippen molar-refractivity contribution in [1.82, 2.24) is 9.13 Å². The molecule has 8 heteroatoms. The fraction of sp³-hybridized carbons (Fsp3) is 1.00. The molecule has 0 fully saturated rings. The van der Waals surface area contributed by atoms with Gasteiger partial charge < -0.3 is 0 Å². The van der Waals surface area contributed by atoms with Crippen molar-refractivity contribution in [3.05, 3.63) is 0 Å². The van der Waals surface area contributed by atoms with Crippen LogP contribution < -0.4 is 0 Å². The summed E-state index contributed by atoms with van der Waals surface area (Å²) in [6.07, 6.45) is -6.00. The maximum Gasteiger partial charge on any atom is 0.360 e. The van der Waals surface area contributed by atoms with Gasteiger partial charge in [-0.15, -0.1) is 44.3 Å². The molecule has 0 N–H and O–H groups in total. The molecule has 0 saturated carbocycles. The number of rotatable bonds is 7. The van der Waals surface area contributed by atoms with Crippen molar-refractivity contribution in [3.63, 3.8) is 0 Å². The minimum atomic E-state index is -3.00. The molecule has 0 aliphatic carbocycles. The van der Waals surface area contributed by atoms with E-state index >= 15 is 0 Å². The molecule has 0 radical (unpaired) electrons. The second kappa shape index (κ2) is 7.87. The highest BCUT2D eigenvalue weighted by atomic mass is 35.8. The summed E-state index contributed by atoms with van der Waals surface area (Å²) >= 11 is 27.4. The van der Waals surface area contributed by atoms with Crippen LogP contribution in [-0.2, 0) is 0 Å². The first-order valence-corrected chi connectivity index (χ1v) is 16.0. The van der Waals surface area contributed by atoms with Gasteiger partial charge in [0.25, 0.3) is 0 Å². The minimum Gasteiger partial charge on any atom is -0.295 e. The summed E-state index contributed by atoms with van der Waals surface area (Å²) in [5.41, 5.74) is 0. The second-order valence-corrected chi connectivity index (χ2v) is 25.3. The Morgan fingerprint density at radius 3 is 0.750 bits per heavy atom. The molecule has 0 aromatic carbocycles. The zero-order chi connectivity index (χ0) is 16.5. The summed E-state index contributed by atoms with van der Waals surface area (Å²) in [5.74, 6) is 0. The lowest BCUT2D eigenvalue weighted by Crippen LogP contribution is -2.73. The van der Waals surface area contributed by atoms with E-state index in [1.165, 1.54) is 0 Å². The average Bonchev–Trinajstić information content (AvgIpc) is 2.11. The third kappa shape index (κ3) is 4.51. The van der Waals surface area contributed by atoms with E-state index in [0.29, 0.717) is 0 Å². The maximum absolute atomic E-state index is 6.85. The Kier molecular flexibility index (Phi) is 8.46. The van der Waals surface area contributed by atoms with Gasteiger partial charge in [-0.3, -0.25) is 9.13 Å². The third-order valence-electron chi connectivity index (χ3n) is 3.24. The van der Waals surface area contributed by atoms with E-state index in [1.807, 2.05) is 0 Å². The number of nitrogens with zero attached hydrogens (tertiary/aromatic N) is 2. The summed E-state index contributed by atoms with van der Waals surface area (Å²) in [4.78, 5) is 0. The van der Waals surface area contributed by atoms with E-state index < -0.39 is 12.7 Å². The van der Waals surface area contributed by atoms with Crippen LogP contribution in [0.5, 0.6) is 0 Å². The van der Waals surface area contributed by atoms with Gasteiger partial charge in [-0.25, -0.2) is 0 Å². The normalized spacial score (nSPS) is 14.7. The molecule has 0 atom stereocenters. The van der Waals surface area contributed by atoms with Gasteiger partial charge in [-0.2, -0.15) is 0 Å². The molecule has 0 aliphatic rings. The standard InChI is InChI=1S/C12H28Cl4N2Si2/c1-9(2)17(10(3)4)19(13,14)20(15,16)18(11(5)6)12(7)8/h9-12H,1-8H3. The molecule has 0 amide bonds. The van der Waals surface area contributed by atoms with Crippen LogP contribution >= 0.6 is 44.3 Å². The molecule has 20 heavy (non-hydrogen) atoms. The predicted octanol–water partition coefficient (Wildman–Crippen LogP) is 5.14. The lowest BCUT2D eigenvalue weighted by Gasteiger charge is -2.49. The van der Waals surface area contributed by atoms with Crippen molar-refractivity contribution in [2.24, 2.45) is 0 Å². The van der Waals surface area contributed by atoms with Gasteiger partial charge in [0, 0.05) is 0 Å². The Balaban J connectivity index is 5.73. The molecule has 2 nitrogen and oxygen atoms in total. The number of hydrogen-bond donors (Lipinski definition) is 0. The molecule has 0 bridgehead atoms. The van der Waals surface area contributed by atoms with Gasteiger partial charge in [-0.05, 0) is 24.2 Å². The smallest absolute Gasteiger partial charge is 0.295 e. The lowest BCUT2D eigenvalue weighted by atomic mass is 10.3. The molecule has 122 valence electrons. The van der Waals surface area contributed by atoms with Crippen LogP contribution in [0.4, 0.5) is 0 Å². The fourth-order valence-electron chi connectivity index (χ4n) is 2.80. The van der Waals surface area contributed by atoms with Crippen molar-refractivity contribution in [2.45, 2.75) is 79.6 Å². The van der Waals surface area contributed by atoms with Crippen molar-refractivity contribution < 1.29 is 0 Å².